The van der Waals surface area contributed by atoms with E-state index >= 15 is 0 Å². The van der Waals surface area contributed by atoms with E-state index in [4.69, 9.17) is 4.74 Å². The average Bonchev–Trinajstić information content (AvgIpc) is 3.13. The molecular weight excluding hydrogens is 406 g/mol. The molecule has 0 bridgehead atoms. The van der Waals surface area contributed by atoms with Crippen LogP contribution in [0.25, 0.3) is 5.65 Å². The molecule has 0 atom stereocenters. The second kappa shape index (κ2) is 8.41. The molecule has 1 aromatic carbocycles. The van der Waals surface area contributed by atoms with E-state index in [1.54, 1.807) is 35.8 Å². The van der Waals surface area contributed by atoms with Crippen LogP contribution in [0.15, 0.2) is 41.4 Å². The van der Waals surface area contributed by atoms with E-state index in [9.17, 15) is 13.2 Å². The molecule has 0 aliphatic heterocycles. The van der Waals surface area contributed by atoms with Crippen molar-refractivity contribution in [2.75, 3.05) is 26.0 Å². The quantitative estimate of drug-likeness (QED) is 0.573. The highest BCUT2D eigenvalue weighted by Gasteiger charge is 2.19. The van der Waals surface area contributed by atoms with E-state index in [1.807, 2.05) is 13.8 Å². The summed E-state index contributed by atoms with van der Waals surface area (Å²) < 4.78 is 32.4. The molecule has 0 aliphatic carbocycles. The number of fused-ring (bicyclic) bond motifs is 1. The van der Waals surface area contributed by atoms with Crippen LogP contribution in [0.4, 0.5) is 11.5 Å². The number of hydrogen-bond acceptors (Lipinski definition) is 7. The maximum absolute atomic E-state index is 12.3. The van der Waals surface area contributed by atoms with E-state index in [-0.39, 0.29) is 23.1 Å². The van der Waals surface area contributed by atoms with Gasteiger partial charge in [0.15, 0.2) is 11.3 Å². The maximum Gasteiger partial charge on any atom is 0.357 e. The standard InChI is InChI=1S/C20H25N5O4S/c1-6-29-20(26)17-11-18(25-19(23-17)16(12-21-25)13(2)3)22-14-7-9-15(10-8-14)30(27,28)24(4)5/h7-13,22H,6H2,1-5H3. The lowest BCUT2D eigenvalue weighted by molar-refractivity contribution is 0.0519. The SMILES string of the molecule is CCOC(=O)c1cc(Nc2ccc(S(=O)(=O)N(C)C)cc2)n2ncc(C(C)C)c2n1. The van der Waals surface area contributed by atoms with Crippen molar-refractivity contribution < 1.29 is 17.9 Å². The summed E-state index contributed by atoms with van der Waals surface area (Å²) in [6.07, 6.45) is 1.72. The summed E-state index contributed by atoms with van der Waals surface area (Å²) in [6, 6.07) is 7.90. The summed E-state index contributed by atoms with van der Waals surface area (Å²) >= 11 is 0. The Morgan fingerprint density at radius 1 is 1.23 bits per heavy atom. The summed E-state index contributed by atoms with van der Waals surface area (Å²) in [4.78, 5) is 16.9. The van der Waals surface area contributed by atoms with Crippen molar-refractivity contribution in [3.05, 3.63) is 47.8 Å². The number of esters is 1. The lowest BCUT2D eigenvalue weighted by Crippen LogP contribution is -2.22. The van der Waals surface area contributed by atoms with Gasteiger partial charge < -0.3 is 10.1 Å². The minimum atomic E-state index is -3.51. The second-order valence-electron chi connectivity index (χ2n) is 7.17. The summed E-state index contributed by atoms with van der Waals surface area (Å²) in [5, 5.41) is 7.59. The molecule has 3 rings (SSSR count). The van der Waals surface area contributed by atoms with Crippen LogP contribution in [0.1, 0.15) is 42.7 Å². The Labute approximate surface area is 175 Å². The zero-order chi connectivity index (χ0) is 22.1. The molecule has 9 nitrogen and oxygen atoms in total. The average molecular weight is 432 g/mol. The number of carbonyl (C=O) groups excluding carboxylic acids is 1. The molecule has 30 heavy (non-hydrogen) atoms. The third-order valence-corrected chi connectivity index (χ3v) is 6.34. The van der Waals surface area contributed by atoms with Crippen molar-refractivity contribution in [3.63, 3.8) is 0 Å². The third-order valence-electron chi connectivity index (χ3n) is 4.51. The van der Waals surface area contributed by atoms with Gasteiger partial charge in [0.2, 0.25) is 10.0 Å². The smallest absolute Gasteiger partial charge is 0.357 e. The summed E-state index contributed by atoms with van der Waals surface area (Å²) in [7, 11) is -0.550. The summed E-state index contributed by atoms with van der Waals surface area (Å²) in [6.45, 7) is 6.02. The predicted molar refractivity (Wildman–Crippen MR) is 114 cm³/mol. The van der Waals surface area contributed by atoms with Crippen LogP contribution in [0.5, 0.6) is 0 Å². The Bertz CT molecular complexity index is 1170. The molecule has 0 unspecified atom stereocenters. The number of nitrogens with zero attached hydrogens (tertiary/aromatic N) is 4. The van der Waals surface area contributed by atoms with E-state index in [2.05, 4.69) is 15.4 Å². The van der Waals surface area contributed by atoms with Gasteiger partial charge in [0.25, 0.3) is 0 Å². The first-order valence-corrected chi connectivity index (χ1v) is 10.9. The lowest BCUT2D eigenvalue weighted by Gasteiger charge is -2.13. The van der Waals surface area contributed by atoms with E-state index in [0.29, 0.717) is 17.2 Å². The molecule has 3 aromatic rings. The number of anilines is 2. The number of sulfonamides is 1. The molecule has 2 heterocycles. The zero-order valence-electron chi connectivity index (χ0n) is 17.6. The first-order valence-electron chi connectivity index (χ1n) is 9.50. The molecular formula is C20H25N5O4S. The van der Waals surface area contributed by atoms with Crippen LogP contribution in [0.2, 0.25) is 0 Å². The highest BCUT2D eigenvalue weighted by atomic mass is 32.2. The van der Waals surface area contributed by atoms with Crippen molar-refractivity contribution >= 4 is 33.1 Å². The van der Waals surface area contributed by atoms with Gasteiger partial charge in [0, 0.05) is 31.4 Å². The van der Waals surface area contributed by atoms with Crippen molar-refractivity contribution in [2.24, 2.45) is 0 Å². The van der Waals surface area contributed by atoms with E-state index in [1.165, 1.54) is 26.2 Å². The first-order chi connectivity index (χ1) is 14.1. The Morgan fingerprint density at radius 2 is 1.90 bits per heavy atom. The fraction of sp³-hybridized carbons (Fsp3) is 0.350. The van der Waals surface area contributed by atoms with Crippen LogP contribution in [-0.4, -0.2) is 54.0 Å². The molecule has 2 aromatic heterocycles. The van der Waals surface area contributed by atoms with Crippen LogP contribution >= 0.6 is 0 Å². The topological polar surface area (TPSA) is 106 Å². The number of ether oxygens (including phenoxy) is 1. The van der Waals surface area contributed by atoms with Gasteiger partial charge in [-0.15, -0.1) is 0 Å². The zero-order valence-corrected chi connectivity index (χ0v) is 18.4. The fourth-order valence-corrected chi connectivity index (χ4v) is 3.76. The van der Waals surface area contributed by atoms with Gasteiger partial charge in [-0.3, -0.25) is 0 Å². The van der Waals surface area contributed by atoms with Gasteiger partial charge in [-0.1, -0.05) is 13.8 Å². The first kappa shape index (κ1) is 21.7. The molecule has 0 amide bonds. The van der Waals surface area contributed by atoms with Crippen LogP contribution in [0.3, 0.4) is 0 Å². The van der Waals surface area contributed by atoms with Gasteiger partial charge >= 0.3 is 5.97 Å². The van der Waals surface area contributed by atoms with Gasteiger partial charge in [-0.25, -0.2) is 22.5 Å². The summed E-state index contributed by atoms with van der Waals surface area (Å²) in [5.74, 6) is 0.153. The van der Waals surface area contributed by atoms with Crippen molar-refractivity contribution in [1.29, 1.82) is 0 Å². The Kier molecular flexibility index (Phi) is 6.09. The van der Waals surface area contributed by atoms with Crippen LogP contribution < -0.4 is 5.32 Å². The molecule has 10 heteroatoms. The monoisotopic (exact) mass is 431 g/mol. The number of hydrogen-bond donors (Lipinski definition) is 1. The van der Waals surface area contributed by atoms with E-state index < -0.39 is 16.0 Å². The van der Waals surface area contributed by atoms with Crippen molar-refractivity contribution in [2.45, 2.75) is 31.6 Å². The van der Waals surface area contributed by atoms with Gasteiger partial charge in [0.1, 0.15) is 5.82 Å². The number of aromatic nitrogens is 3. The Morgan fingerprint density at radius 3 is 2.47 bits per heavy atom. The Hall–Kier alpha value is -2.98. The van der Waals surface area contributed by atoms with Gasteiger partial charge in [-0.05, 0) is 37.1 Å². The van der Waals surface area contributed by atoms with Gasteiger partial charge in [0.05, 0.1) is 17.7 Å². The van der Waals surface area contributed by atoms with Crippen molar-refractivity contribution in [1.82, 2.24) is 18.9 Å². The second-order valence-corrected chi connectivity index (χ2v) is 9.33. The molecule has 0 fully saturated rings. The largest absolute Gasteiger partial charge is 0.461 e. The predicted octanol–water partition coefficient (Wildman–Crippen LogP) is 3.02. The van der Waals surface area contributed by atoms with E-state index in [0.717, 1.165) is 9.87 Å². The number of carbonyl (C=O) groups is 1. The molecule has 0 saturated carbocycles. The minimum Gasteiger partial charge on any atom is -0.461 e. The molecule has 160 valence electrons. The molecule has 1 N–H and O–H groups in total. The molecule has 0 aliphatic rings. The molecule has 0 radical (unpaired) electrons. The third kappa shape index (κ3) is 4.14. The Balaban J connectivity index is 2.04. The van der Waals surface area contributed by atoms with Crippen LogP contribution in [-0.2, 0) is 14.8 Å². The summed E-state index contributed by atoms with van der Waals surface area (Å²) in [5.41, 5.74) is 2.26. The number of rotatable bonds is 7. The normalized spacial score (nSPS) is 12.0. The fourth-order valence-electron chi connectivity index (χ4n) is 2.85. The molecule has 0 saturated heterocycles. The highest BCUT2D eigenvalue weighted by molar-refractivity contribution is 7.89. The number of nitrogens with one attached hydrogen (secondary N) is 1. The lowest BCUT2D eigenvalue weighted by atomic mass is 10.1. The molecule has 0 spiro atoms. The van der Waals surface area contributed by atoms with Gasteiger partial charge in [-0.2, -0.15) is 9.61 Å². The van der Waals surface area contributed by atoms with Crippen LogP contribution in [0, 0.1) is 0 Å². The van der Waals surface area contributed by atoms with Crippen molar-refractivity contribution in [3.8, 4) is 0 Å². The highest BCUT2D eigenvalue weighted by Crippen LogP contribution is 2.25. The maximum atomic E-state index is 12.3. The minimum absolute atomic E-state index is 0.163. The number of benzene rings is 1.